The van der Waals surface area contributed by atoms with E-state index in [1.807, 2.05) is 25.1 Å². The minimum absolute atomic E-state index is 0.0212. The number of alkyl halides is 2. The van der Waals surface area contributed by atoms with E-state index in [2.05, 4.69) is 42.7 Å². The van der Waals surface area contributed by atoms with Crippen LogP contribution >= 0.6 is 0 Å². The molecule has 6 heterocycles. The SMILES string of the molecule is Cc1cnc2c(C(=O)Nc3cn(C4CC(CN(C)C5CCN(c6cccc7c6n(C)c(=O)n7C6CCC(=O)NC6=O)CC5)C4)nc3C(F)F)cnn2c1. The van der Waals surface area contributed by atoms with Crippen LogP contribution in [0.2, 0.25) is 0 Å². The first-order chi connectivity index (χ1) is 25.5. The van der Waals surface area contributed by atoms with Crippen molar-refractivity contribution in [1.82, 2.24) is 43.7 Å². The van der Waals surface area contributed by atoms with Gasteiger partial charge in [-0.05, 0) is 69.7 Å². The van der Waals surface area contributed by atoms with Gasteiger partial charge < -0.3 is 15.1 Å². The van der Waals surface area contributed by atoms with Gasteiger partial charge in [-0.1, -0.05) is 6.07 Å². The standard InChI is InChI=1S/C36H41F2N11O4/c1-20-15-39-33-24(16-40-48(33)17-20)34(51)41-25-19-47(43-30(25)32(37)38)23-13-21(14-23)18-44(2)22-9-11-46(12-10-22)26-5-4-6-27-31(26)45(3)36(53)49(27)28-7-8-29(50)42-35(28)52/h4-6,15-17,19,21-23,28,32H,7-14,18H2,1-3H3,(H,41,51)(H,42,50,52). The molecule has 2 saturated heterocycles. The number of benzene rings is 1. The number of carbonyl (C=O) groups excluding carboxylic acids is 3. The number of halogens is 2. The molecule has 1 aromatic carbocycles. The van der Waals surface area contributed by atoms with Gasteiger partial charge in [0.15, 0.2) is 11.3 Å². The fraction of sp³-hybridized carbons (Fsp3) is 0.472. The maximum atomic E-state index is 14.0. The molecule has 0 bridgehead atoms. The third-order valence-electron chi connectivity index (χ3n) is 11.1. The summed E-state index contributed by atoms with van der Waals surface area (Å²) in [5.41, 5.74) is 3.01. The molecule has 5 aromatic rings. The molecule has 17 heteroatoms. The van der Waals surface area contributed by atoms with Gasteiger partial charge in [-0.3, -0.25) is 33.5 Å². The van der Waals surface area contributed by atoms with Crippen LogP contribution in [0.4, 0.5) is 20.2 Å². The minimum Gasteiger partial charge on any atom is -0.370 e. The predicted molar refractivity (Wildman–Crippen MR) is 191 cm³/mol. The number of imidazole rings is 1. The van der Waals surface area contributed by atoms with E-state index < -0.39 is 30.0 Å². The molecule has 1 unspecified atom stereocenters. The number of fused-ring (bicyclic) bond motifs is 2. The van der Waals surface area contributed by atoms with Gasteiger partial charge in [0.05, 0.1) is 34.6 Å². The lowest BCUT2D eigenvalue weighted by Gasteiger charge is -2.42. The van der Waals surface area contributed by atoms with Crippen molar-refractivity contribution in [3.63, 3.8) is 0 Å². The number of rotatable bonds is 9. The summed E-state index contributed by atoms with van der Waals surface area (Å²) in [5.74, 6) is -0.975. The predicted octanol–water partition coefficient (Wildman–Crippen LogP) is 3.61. The maximum Gasteiger partial charge on any atom is 0.329 e. The maximum absolute atomic E-state index is 14.0. The van der Waals surface area contributed by atoms with Crippen LogP contribution in [0.1, 0.15) is 78.6 Å². The number of piperidine rings is 2. The summed E-state index contributed by atoms with van der Waals surface area (Å²) >= 11 is 0. The fourth-order valence-corrected chi connectivity index (χ4v) is 8.24. The third-order valence-corrected chi connectivity index (χ3v) is 11.1. The molecule has 4 aromatic heterocycles. The molecular weight excluding hydrogens is 688 g/mol. The highest BCUT2D eigenvalue weighted by Crippen LogP contribution is 2.40. The molecule has 8 rings (SSSR count). The van der Waals surface area contributed by atoms with E-state index in [-0.39, 0.29) is 41.7 Å². The lowest BCUT2D eigenvalue weighted by molar-refractivity contribution is -0.135. The van der Waals surface area contributed by atoms with E-state index in [1.165, 1.54) is 21.5 Å². The molecular formula is C36H41F2N11O4. The van der Waals surface area contributed by atoms with Crippen LogP contribution in [0.15, 0.2) is 47.8 Å². The zero-order valence-electron chi connectivity index (χ0n) is 29.7. The molecule has 0 radical (unpaired) electrons. The molecule has 1 atom stereocenters. The Morgan fingerprint density at radius 3 is 2.60 bits per heavy atom. The van der Waals surface area contributed by atoms with Gasteiger partial charge in [-0.15, -0.1) is 0 Å². The molecule has 3 fully saturated rings. The summed E-state index contributed by atoms with van der Waals surface area (Å²) in [4.78, 5) is 59.8. The molecule has 15 nitrogen and oxygen atoms in total. The van der Waals surface area contributed by atoms with Gasteiger partial charge in [-0.25, -0.2) is 23.1 Å². The van der Waals surface area contributed by atoms with Crippen molar-refractivity contribution < 1.29 is 23.2 Å². The molecule has 278 valence electrons. The highest BCUT2D eigenvalue weighted by molar-refractivity contribution is 6.08. The lowest BCUT2D eigenvalue weighted by atomic mass is 9.79. The Morgan fingerprint density at radius 1 is 1.09 bits per heavy atom. The zero-order chi connectivity index (χ0) is 37.1. The normalized spacial score (nSPS) is 21.2. The topological polar surface area (TPSA) is 157 Å². The van der Waals surface area contributed by atoms with Crippen LogP contribution in [-0.4, -0.2) is 88.9 Å². The summed E-state index contributed by atoms with van der Waals surface area (Å²) in [6, 6.07) is 5.36. The van der Waals surface area contributed by atoms with E-state index in [1.54, 1.807) is 28.7 Å². The molecule has 1 aliphatic carbocycles. The minimum atomic E-state index is -2.86. The fourth-order valence-electron chi connectivity index (χ4n) is 8.24. The van der Waals surface area contributed by atoms with Crippen molar-refractivity contribution in [3.05, 3.63) is 70.3 Å². The Kier molecular flexibility index (Phi) is 8.83. The number of aromatic nitrogens is 7. The highest BCUT2D eigenvalue weighted by atomic mass is 19.3. The molecule has 2 aliphatic heterocycles. The van der Waals surface area contributed by atoms with Crippen LogP contribution < -0.4 is 21.2 Å². The van der Waals surface area contributed by atoms with E-state index in [0.29, 0.717) is 23.1 Å². The largest absolute Gasteiger partial charge is 0.370 e. The molecule has 53 heavy (non-hydrogen) atoms. The van der Waals surface area contributed by atoms with Crippen molar-refractivity contribution in [1.29, 1.82) is 0 Å². The monoisotopic (exact) mass is 729 g/mol. The van der Waals surface area contributed by atoms with Crippen LogP contribution in [0.25, 0.3) is 16.7 Å². The number of imide groups is 1. The van der Waals surface area contributed by atoms with Crippen molar-refractivity contribution >= 4 is 45.8 Å². The second kappa shape index (κ2) is 13.5. The number of nitrogens with zero attached hydrogens (tertiary/aromatic N) is 9. The van der Waals surface area contributed by atoms with E-state index in [0.717, 1.165) is 62.1 Å². The number of hydrogen-bond donors (Lipinski definition) is 2. The van der Waals surface area contributed by atoms with Gasteiger partial charge >= 0.3 is 5.69 Å². The summed E-state index contributed by atoms with van der Waals surface area (Å²) in [6.07, 6.45) is 7.26. The Labute approximate surface area is 302 Å². The average Bonchev–Trinajstić information content (AvgIpc) is 3.80. The zero-order valence-corrected chi connectivity index (χ0v) is 29.7. The van der Waals surface area contributed by atoms with E-state index in [4.69, 9.17) is 0 Å². The Balaban J connectivity index is 0.877. The smallest absolute Gasteiger partial charge is 0.329 e. The summed E-state index contributed by atoms with van der Waals surface area (Å²) < 4.78 is 34.2. The first-order valence-corrected chi connectivity index (χ1v) is 17.9. The second-order valence-electron chi connectivity index (χ2n) is 14.6. The highest BCUT2D eigenvalue weighted by Gasteiger charge is 2.36. The van der Waals surface area contributed by atoms with Crippen molar-refractivity contribution in [2.45, 2.75) is 70.0 Å². The number of anilines is 2. The molecule has 3 amide bonds. The van der Waals surface area contributed by atoms with Crippen molar-refractivity contribution in [3.8, 4) is 0 Å². The van der Waals surface area contributed by atoms with Crippen LogP contribution in [-0.2, 0) is 16.6 Å². The number of carbonyl (C=O) groups is 3. The Morgan fingerprint density at radius 2 is 1.87 bits per heavy atom. The summed E-state index contributed by atoms with van der Waals surface area (Å²) in [6.45, 7) is 4.31. The first-order valence-electron chi connectivity index (χ1n) is 17.9. The molecule has 0 spiro atoms. The lowest BCUT2D eigenvalue weighted by Crippen LogP contribution is -2.46. The Bertz CT molecular complexity index is 2290. The van der Waals surface area contributed by atoms with Gasteiger partial charge in [0.2, 0.25) is 11.8 Å². The summed E-state index contributed by atoms with van der Waals surface area (Å²) in [5, 5.41) is 13.3. The Hall–Kier alpha value is -5.45. The van der Waals surface area contributed by atoms with Crippen molar-refractivity contribution in [2.24, 2.45) is 13.0 Å². The van der Waals surface area contributed by atoms with Crippen molar-refractivity contribution in [2.75, 3.05) is 36.9 Å². The van der Waals surface area contributed by atoms with Crippen LogP contribution in [0, 0.1) is 12.8 Å². The van der Waals surface area contributed by atoms with Gasteiger partial charge in [0, 0.05) is 57.7 Å². The van der Waals surface area contributed by atoms with Gasteiger partial charge in [0.25, 0.3) is 12.3 Å². The van der Waals surface area contributed by atoms with Crippen LogP contribution in [0.3, 0.4) is 0 Å². The van der Waals surface area contributed by atoms with Gasteiger partial charge in [0.1, 0.15) is 11.6 Å². The quantitative estimate of drug-likeness (QED) is 0.217. The molecule has 2 N–H and O–H groups in total. The van der Waals surface area contributed by atoms with E-state index in [9.17, 15) is 28.0 Å². The number of amides is 3. The third kappa shape index (κ3) is 6.25. The average molecular weight is 730 g/mol. The first kappa shape index (κ1) is 34.6. The number of hydrogen-bond acceptors (Lipinski definition) is 9. The molecule has 3 aliphatic rings. The van der Waals surface area contributed by atoms with Gasteiger partial charge in [-0.2, -0.15) is 10.2 Å². The summed E-state index contributed by atoms with van der Waals surface area (Å²) in [7, 11) is 3.85. The number of aryl methyl sites for hydroxylation is 2. The van der Waals surface area contributed by atoms with Crippen LogP contribution in [0.5, 0.6) is 0 Å². The number of para-hydroxylation sites is 1. The van der Waals surface area contributed by atoms with E-state index >= 15 is 0 Å². The number of nitrogens with one attached hydrogen (secondary N) is 2. The second-order valence-corrected chi connectivity index (χ2v) is 14.6. The molecule has 1 saturated carbocycles.